The van der Waals surface area contributed by atoms with Gasteiger partial charge in [-0.25, -0.2) is 14.0 Å². The van der Waals surface area contributed by atoms with E-state index in [0.29, 0.717) is 16.6 Å². The summed E-state index contributed by atoms with van der Waals surface area (Å²) in [5.74, 6) is -1.40. The van der Waals surface area contributed by atoms with E-state index in [1.807, 2.05) is 13.8 Å². The standard InChI is InChI=1S/C13H16BrFN2O3/c1-7(2)5-11(12(18)19)17-13(20)16-10-4-3-8(15)6-9(10)14/h3-4,6-7,11H,5H2,1-2H3,(H,18,19)(H2,16,17,20)/t11-/m0/s1. The largest absolute Gasteiger partial charge is 0.480 e. The van der Waals surface area contributed by atoms with Crippen LogP contribution >= 0.6 is 15.9 Å². The lowest BCUT2D eigenvalue weighted by Crippen LogP contribution is -2.43. The van der Waals surface area contributed by atoms with Gasteiger partial charge in [0.05, 0.1) is 5.69 Å². The van der Waals surface area contributed by atoms with Gasteiger partial charge in [-0.3, -0.25) is 0 Å². The van der Waals surface area contributed by atoms with Gasteiger partial charge < -0.3 is 15.7 Å². The average Bonchev–Trinajstić information content (AvgIpc) is 2.31. The van der Waals surface area contributed by atoms with E-state index >= 15 is 0 Å². The van der Waals surface area contributed by atoms with E-state index in [1.165, 1.54) is 18.2 Å². The van der Waals surface area contributed by atoms with Crippen LogP contribution in [-0.2, 0) is 4.79 Å². The molecule has 0 aromatic heterocycles. The van der Waals surface area contributed by atoms with Gasteiger partial charge in [-0.15, -0.1) is 0 Å². The predicted octanol–water partition coefficient (Wildman–Crippen LogP) is 3.21. The Morgan fingerprint density at radius 1 is 1.40 bits per heavy atom. The molecule has 3 N–H and O–H groups in total. The van der Waals surface area contributed by atoms with Crippen molar-refractivity contribution in [1.29, 1.82) is 0 Å². The molecule has 0 aliphatic heterocycles. The van der Waals surface area contributed by atoms with Crippen molar-refractivity contribution in [2.75, 3.05) is 5.32 Å². The van der Waals surface area contributed by atoms with Crippen LogP contribution < -0.4 is 10.6 Å². The number of hydrogen-bond acceptors (Lipinski definition) is 2. The maximum Gasteiger partial charge on any atom is 0.326 e. The number of hydrogen-bond donors (Lipinski definition) is 3. The van der Waals surface area contributed by atoms with Gasteiger partial charge in [0.1, 0.15) is 11.9 Å². The number of benzene rings is 1. The molecular formula is C13H16BrFN2O3. The SMILES string of the molecule is CC(C)C[C@H](NC(=O)Nc1ccc(F)cc1Br)C(=O)O. The highest BCUT2D eigenvalue weighted by Crippen LogP contribution is 2.22. The number of amides is 2. The summed E-state index contributed by atoms with van der Waals surface area (Å²) in [4.78, 5) is 22.8. The van der Waals surface area contributed by atoms with Crippen LogP contribution in [0.3, 0.4) is 0 Å². The first kappa shape index (κ1) is 16.4. The average molecular weight is 347 g/mol. The van der Waals surface area contributed by atoms with Crippen LogP contribution in [0.4, 0.5) is 14.9 Å². The summed E-state index contributed by atoms with van der Waals surface area (Å²) in [5.41, 5.74) is 0.359. The lowest BCUT2D eigenvalue weighted by atomic mass is 10.0. The number of carboxylic acid groups (broad SMARTS) is 1. The van der Waals surface area contributed by atoms with Crippen molar-refractivity contribution < 1.29 is 19.1 Å². The molecule has 7 heteroatoms. The molecule has 110 valence electrons. The molecule has 1 aromatic rings. The van der Waals surface area contributed by atoms with E-state index in [0.717, 1.165) is 0 Å². The van der Waals surface area contributed by atoms with Crippen molar-refractivity contribution >= 4 is 33.6 Å². The number of carbonyl (C=O) groups excluding carboxylic acids is 1. The summed E-state index contributed by atoms with van der Waals surface area (Å²) in [5, 5.41) is 13.9. The third-order valence-corrected chi connectivity index (χ3v) is 3.15. The van der Waals surface area contributed by atoms with Crippen molar-refractivity contribution in [3.05, 3.63) is 28.5 Å². The normalized spacial score (nSPS) is 12.1. The van der Waals surface area contributed by atoms with E-state index in [-0.39, 0.29) is 5.92 Å². The Morgan fingerprint density at radius 2 is 2.05 bits per heavy atom. The Bertz CT molecular complexity index is 508. The van der Waals surface area contributed by atoms with Crippen LogP contribution in [-0.4, -0.2) is 23.1 Å². The van der Waals surface area contributed by atoms with Gasteiger partial charge in [-0.2, -0.15) is 0 Å². The molecule has 0 spiro atoms. The number of anilines is 1. The molecule has 0 saturated heterocycles. The fourth-order valence-electron chi connectivity index (χ4n) is 1.60. The van der Waals surface area contributed by atoms with E-state index in [1.54, 1.807) is 0 Å². The molecular weight excluding hydrogens is 331 g/mol. The van der Waals surface area contributed by atoms with Crippen molar-refractivity contribution in [2.24, 2.45) is 5.92 Å². The Morgan fingerprint density at radius 3 is 2.55 bits per heavy atom. The van der Waals surface area contributed by atoms with Crippen LogP contribution in [0.15, 0.2) is 22.7 Å². The summed E-state index contributed by atoms with van der Waals surface area (Å²) in [6, 6.07) is 2.18. The molecule has 0 radical (unpaired) electrons. The molecule has 0 bridgehead atoms. The predicted molar refractivity (Wildman–Crippen MR) is 77.1 cm³/mol. The fourth-order valence-corrected chi connectivity index (χ4v) is 2.05. The zero-order valence-corrected chi connectivity index (χ0v) is 12.7. The van der Waals surface area contributed by atoms with E-state index in [4.69, 9.17) is 5.11 Å². The summed E-state index contributed by atoms with van der Waals surface area (Å²) in [7, 11) is 0. The van der Waals surface area contributed by atoms with Crippen molar-refractivity contribution in [3.63, 3.8) is 0 Å². The van der Waals surface area contributed by atoms with Gasteiger partial charge in [-0.05, 0) is 46.5 Å². The van der Waals surface area contributed by atoms with Crippen LogP contribution in [0.25, 0.3) is 0 Å². The van der Waals surface area contributed by atoms with Gasteiger partial charge in [0.25, 0.3) is 0 Å². The van der Waals surface area contributed by atoms with Crippen LogP contribution in [0.2, 0.25) is 0 Å². The first-order valence-corrected chi connectivity index (χ1v) is 6.84. The zero-order chi connectivity index (χ0) is 15.3. The Kier molecular flexibility index (Phi) is 5.94. The number of halogens is 2. The van der Waals surface area contributed by atoms with Gasteiger partial charge in [-0.1, -0.05) is 13.8 Å². The molecule has 0 aliphatic carbocycles. The molecule has 20 heavy (non-hydrogen) atoms. The van der Waals surface area contributed by atoms with Gasteiger partial charge in [0.2, 0.25) is 0 Å². The van der Waals surface area contributed by atoms with Crippen molar-refractivity contribution in [2.45, 2.75) is 26.3 Å². The second-order valence-corrected chi connectivity index (χ2v) is 5.60. The number of urea groups is 1. The molecule has 1 aromatic carbocycles. The Balaban J connectivity index is 2.68. The molecule has 0 saturated carbocycles. The van der Waals surface area contributed by atoms with Gasteiger partial charge in [0, 0.05) is 4.47 Å². The molecule has 0 fully saturated rings. The number of rotatable bonds is 5. The maximum atomic E-state index is 12.9. The Labute approximate surface area is 124 Å². The number of nitrogens with one attached hydrogen (secondary N) is 2. The summed E-state index contributed by atoms with van der Waals surface area (Å²) in [6.07, 6.45) is 0.327. The number of carboxylic acids is 1. The smallest absolute Gasteiger partial charge is 0.326 e. The first-order valence-electron chi connectivity index (χ1n) is 6.05. The molecule has 5 nitrogen and oxygen atoms in total. The zero-order valence-electron chi connectivity index (χ0n) is 11.1. The highest BCUT2D eigenvalue weighted by molar-refractivity contribution is 9.10. The van der Waals surface area contributed by atoms with Crippen molar-refractivity contribution in [1.82, 2.24) is 5.32 Å². The van der Waals surface area contributed by atoms with E-state index in [9.17, 15) is 14.0 Å². The first-order chi connectivity index (χ1) is 9.29. The highest BCUT2D eigenvalue weighted by Gasteiger charge is 2.21. The quantitative estimate of drug-likeness (QED) is 0.765. The third kappa shape index (κ3) is 5.16. The topological polar surface area (TPSA) is 78.4 Å². The van der Waals surface area contributed by atoms with E-state index in [2.05, 4.69) is 26.6 Å². The highest BCUT2D eigenvalue weighted by atomic mass is 79.9. The lowest BCUT2D eigenvalue weighted by molar-refractivity contribution is -0.139. The van der Waals surface area contributed by atoms with E-state index < -0.39 is 23.9 Å². The molecule has 0 aliphatic rings. The third-order valence-electron chi connectivity index (χ3n) is 2.49. The van der Waals surface area contributed by atoms with Crippen molar-refractivity contribution in [3.8, 4) is 0 Å². The summed E-state index contributed by atoms with van der Waals surface area (Å²) in [6.45, 7) is 3.73. The fraction of sp³-hybridized carbons (Fsp3) is 0.385. The monoisotopic (exact) mass is 346 g/mol. The molecule has 2 amide bonds. The molecule has 1 atom stereocenters. The molecule has 0 unspecified atom stereocenters. The minimum absolute atomic E-state index is 0.133. The minimum Gasteiger partial charge on any atom is -0.480 e. The molecule has 0 heterocycles. The Hall–Kier alpha value is -1.63. The molecule has 1 rings (SSSR count). The lowest BCUT2D eigenvalue weighted by Gasteiger charge is -2.17. The second kappa shape index (κ2) is 7.23. The van der Waals surface area contributed by atoms with Gasteiger partial charge in [0.15, 0.2) is 0 Å². The number of aliphatic carboxylic acids is 1. The summed E-state index contributed by atoms with van der Waals surface area (Å²) < 4.78 is 13.3. The van der Waals surface area contributed by atoms with Crippen LogP contribution in [0.1, 0.15) is 20.3 Å². The minimum atomic E-state index is -1.09. The van der Waals surface area contributed by atoms with Gasteiger partial charge >= 0.3 is 12.0 Å². The number of carbonyl (C=O) groups is 2. The second-order valence-electron chi connectivity index (χ2n) is 4.74. The van der Waals surface area contributed by atoms with Crippen LogP contribution in [0, 0.1) is 11.7 Å². The van der Waals surface area contributed by atoms with Crippen LogP contribution in [0.5, 0.6) is 0 Å². The summed E-state index contributed by atoms with van der Waals surface area (Å²) >= 11 is 3.11. The maximum absolute atomic E-state index is 12.9.